The Bertz CT molecular complexity index is 1450. The Morgan fingerprint density at radius 2 is 1.92 bits per heavy atom. The fourth-order valence-electron chi connectivity index (χ4n) is 4.58. The van der Waals surface area contributed by atoms with E-state index >= 15 is 0 Å². The molecule has 9 nitrogen and oxygen atoms in total. The molecule has 0 spiro atoms. The van der Waals surface area contributed by atoms with Crippen LogP contribution in [0.2, 0.25) is 0 Å². The van der Waals surface area contributed by atoms with Gasteiger partial charge in [-0.1, -0.05) is 0 Å². The first-order chi connectivity index (χ1) is 17.0. The van der Waals surface area contributed by atoms with Gasteiger partial charge in [0, 0.05) is 35.1 Å². The molecule has 2 aliphatic rings. The van der Waals surface area contributed by atoms with Crippen molar-refractivity contribution in [2.24, 2.45) is 0 Å². The van der Waals surface area contributed by atoms with E-state index in [9.17, 15) is 32.3 Å². The lowest BCUT2D eigenvalue weighted by Crippen LogP contribution is -2.52. The van der Waals surface area contributed by atoms with Gasteiger partial charge in [0.1, 0.15) is 17.5 Å². The summed E-state index contributed by atoms with van der Waals surface area (Å²) in [4.78, 5) is 53.7. The van der Waals surface area contributed by atoms with Crippen LogP contribution >= 0.6 is 0 Å². The molecule has 1 fully saturated rings. The standard InChI is InChI=1S/C24H19F3N4O5/c1-11-16-9-14(36-24(25,26)27)3-5-17(16)29-20(11)22(34)28-13-2-4-15-12(8-13)10-31(23(15)35)18-6-7-19(32)30-21(18)33/h2-5,8-9,18,29H,6-7,10H2,1H3,(H,28,34)(H,30,32,33). The zero-order valence-electron chi connectivity index (χ0n) is 18.8. The summed E-state index contributed by atoms with van der Waals surface area (Å²) in [6, 6.07) is 7.74. The molecule has 3 heterocycles. The van der Waals surface area contributed by atoms with Crippen molar-refractivity contribution in [3.05, 3.63) is 58.8 Å². The highest BCUT2D eigenvalue weighted by Crippen LogP contribution is 2.31. The van der Waals surface area contributed by atoms with E-state index in [4.69, 9.17) is 0 Å². The lowest BCUT2D eigenvalue weighted by atomic mass is 10.0. The van der Waals surface area contributed by atoms with E-state index in [0.29, 0.717) is 33.3 Å². The zero-order valence-corrected chi connectivity index (χ0v) is 18.8. The predicted molar refractivity (Wildman–Crippen MR) is 120 cm³/mol. The molecule has 36 heavy (non-hydrogen) atoms. The van der Waals surface area contributed by atoms with E-state index in [1.165, 1.54) is 17.0 Å². The summed E-state index contributed by atoms with van der Waals surface area (Å²) in [5.74, 6) is -2.14. The Balaban J connectivity index is 1.34. The molecule has 1 atom stereocenters. The number of ether oxygens (including phenoxy) is 1. The van der Waals surface area contributed by atoms with Gasteiger partial charge in [0.05, 0.1) is 0 Å². The quantitative estimate of drug-likeness (QED) is 0.475. The fraction of sp³-hybridized carbons (Fsp3) is 0.250. The third-order valence-corrected chi connectivity index (χ3v) is 6.27. The van der Waals surface area contributed by atoms with Crippen LogP contribution in [0, 0.1) is 6.92 Å². The van der Waals surface area contributed by atoms with Crippen molar-refractivity contribution < 1.29 is 37.1 Å². The van der Waals surface area contributed by atoms with Crippen molar-refractivity contribution in [2.45, 2.75) is 38.7 Å². The lowest BCUT2D eigenvalue weighted by molar-refractivity contribution is -0.274. The third-order valence-electron chi connectivity index (χ3n) is 6.27. The second kappa shape index (κ2) is 8.40. The number of aromatic nitrogens is 1. The molecule has 0 bridgehead atoms. The number of alkyl halides is 3. The van der Waals surface area contributed by atoms with E-state index in [0.717, 1.165) is 6.07 Å². The Morgan fingerprint density at radius 1 is 1.14 bits per heavy atom. The number of hydrogen-bond donors (Lipinski definition) is 3. The first-order valence-electron chi connectivity index (χ1n) is 11.0. The molecule has 12 heteroatoms. The van der Waals surface area contributed by atoms with Crippen LogP contribution in [0.25, 0.3) is 10.9 Å². The van der Waals surface area contributed by atoms with Gasteiger partial charge in [-0.25, -0.2) is 0 Å². The SMILES string of the molecule is Cc1c(C(=O)Nc2ccc3c(c2)CN(C2CCC(=O)NC2=O)C3=O)[nH]c2ccc(OC(F)(F)F)cc12. The summed E-state index contributed by atoms with van der Waals surface area (Å²) >= 11 is 0. The minimum Gasteiger partial charge on any atom is -0.406 e. The first kappa shape index (κ1) is 23.4. The summed E-state index contributed by atoms with van der Waals surface area (Å²) in [6.07, 6.45) is -4.45. The first-order valence-corrected chi connectivity index (χ1v) is 11.0. The topological polar surface area (TPSA) is 121 Å². The van der Waals surface area contributed by atoms with Gasteiger partial charge in [-0.05, 0) is 60.9 Å². The van der Waals surface area contributed by atoms with Crippen molar-refractivity contribution >= 4 is 40.2 Å². The van der Waals surface area contributed by atoms with Crippen LogP contribution < -0.4 is 15.4 Å². The van der Waals surface area contributed by atoms with E-state index in [2.05, 4.69) is 20.4 Å². The molecular formula is C24H19F3N4O5. The molecule has 0 saturated carbocycles. The van der Waals surface area contributed by atoms with Crippen molar-refractivity contribution in [1.29, 1.82) is 0 Å². The molecule has 0 aliphatic carbocycles. The minimum atomic E-state index is -4.83. The number of aromatic amines is 1. The number of imide groups is 1. The summed E-state index contributed by atoms with van der Waals surface area (Å²) in [6.45, 7) is 1.75. The van der Waals surface area contributed by atoms with Gasteiger partial charge >= 0.3 is 6.36 Å². The van der Waals surface area contributed by atoms with Gasteiger partial charge < -0.3 is 19.9 Å². The summed E-state index contributed by atoms with van der Waals surface area (Å²) < 4.78 is 41.6. The minimum absolute atomic E-state index is 0.144. The van der Waals surface area contributed by atoms with Gasteiger partial charge in [0.25, 0.3) is 11.8 Å². The summed E-state index contributed by atoms with van der Waals surface area (Å²) in [5, 5.41) is 5.38. The van der Waals surface area contributed by atoms with Gasteiger partial charge in [-0.15, -0.1) is 13.2 Å². The maximum absolute atomic E-state index is 13.0. The van der Waals surface area contributed by atoms with Crippen LogP contribution in [-0.2, 0) is 16.1 Å². The van der Waals surface area contributed by atoms with Crippen molar-refractivity contribution in [1.82, 2.24) is 15.2 Å². The van der Waals surface area contributed by atoms with Crippen LogP contribution in [0.1, 0.15) is 44.8 Å². The Labute approximate surface area is 201 Å². The average molecular weight is 500 g/mol. The fourth-order valence-corrected chi connectivity index (χ4v) is 4.58. The van der Waals surface area contributed by atoms with Crippen molar-refractivity contribution in [3.8, 4) is 5.75 Å². The molecule has 3 N–H and O–H groups in total. The predicted octanol–water partition coefficient (Wildman–Crippen LogP) is 3.39. The maximum atomic E-state index is 13.0. The number of carbonyl (C=O) groups is 4. The number of carbonyl (C=O) groups excluding carboxylic acids is 4. The van der Waals surface area contributed by atoms with Gasteiger partial charge in [0.2, 0.25) is 11.8 Å². The smallest absolute Gasteiger partial charge is 0.406 e. The van der Waals surface area contributed by atoms with Crippen LogP contribution in [0.3, 0.4) is 0 Å². The summed E-state index contributed by atoms with van der Waals surface area (Å²) in [7, 11) is 0. The molecule has 3 aromatic rings. The molecule has 5 rings (SSSR count). The number of H-pyrrole nitrogens is 1. The number of benzene rings is 2. The van der Waals surface area contributed by atoms with Crippen molar-refractivity contribution in [3.63, 3.8) is 0 Å². The Hall–Kier alpha value is -4.35. The molecule has 1 aromatic heterocycles. The largest absolute Gasteiger partial charge is 0.573 e. The molecule has 2 aliphatic heterocycles. The van der Waals surface area contributed by atoms with Crippen LogP contribution in [0.15, 0.2) is 36.4 Å². The number of fused-ring (bicyclic) bond motifs is 2. The number of aryl methyl sites for hydroxylation is 1. The average Bonchev–Trinajstić information content (AvgIpc) is 3.29. The van der Waals surface area contributed by atoms with E-state index in [1.807, 2.05) is 0 Å². The number of piperidine rings is 1. The molecule has 186 valence electrons. The molecule has 0 radical (unpaired) electrons. The number of rotatable bonds is 4. The third kappa shape index (κ3) is 4.25. The number of hydrogen-bond acceptors (Lipinski definition) is 5. The number of nitrogens with zero attached hydrogens (tertiary/aromatic N) is 1. The van der Waals surface area contributed by atoms with Crippen LogP contribution in [0.4, 0.5) is 18.9 Å². The van der Waals surface area contributed by atoms with E-state index < -0.39 is 30.0 Å². The highest BCUT2D eigenvalue weighted by Gasteiger charge is 2.39. The normalized spacial score (nSPS) is 17.8. The van der Waals surface area contributed by atoms with Gasteiger partial charge in [0.15, 0.2) is 0 Å². The molecule has 4 amide bonds. The van der Waals surface area contributed by atoms with Gasteiger partial charge in [-0.3, -0.25) is 24.5 Å². The number of amides is 4. The second-order valence-electron chi connectivity index (χ2n) is 8.61. The molecule has 1 unspecified atom stereocenters. The molecular weight excluding hydrogens is 481 g/mol. The monoisotopic (exact) mass is 500 g/mol. The van der Waals surface area contributed by atoms with E-state index in [-0.39, 0.29) is 36.9 Å². The number of halogens is 3. The van der Waals surface area contributed by atoms with Crippen LogP contribution in [-0.4, -0.2) is 45.9 Å². The maximum Gasteiger partial charge on any atom is 0.573 e. The van der Waals surface area contributed by atoms with Gasteiger partial charge in [-0.2, -0.15) is 0 Å². The molecule has 1 saturated heterocycles. The number of nitrogens with one attached hydrogen (secondary N) is 3. The number of anilines is 1. The Morgan fingerprint density at radius 3 is 2.64 bits per heavy atom. The lowest BCUT2D eigenvalue weighted by Gasteiger charge is -2.29. The molecule has 2 aromatic carbocycles. The second-order valence-corrected chi connectivity index (χ2v) is 8.61. The van der Waals surface area contributed by atoms with Crippen molar-refractivity contribution in [2.75, 3.05) is 5.32 Å². The van der Waals surface area contributed by atoms with Crippen LogP contribution in [0.5, 0.6) is 5.75 Å². The zero-order chi connectivity index (χ0) is 25.8. The summed E-state index contributed by atoms with van der Waals surface area (Å²) in [5.41, 5.74) is 2.48. The highest BCUT2D eigenvalue weighted by molar-refractivity contribution is 6.09. The Kier molecular flexibility index (Phi) is 5.46. The highest BCUT2D eigenvalue weighted by atomic mass is 19.4. The van der Waals surface area contributed by atoms with E-state index in [1.54, 1.807) is 25.1 Å².